The fraction of sp³-hybridized carbons (Fsp3) is 0.333. The first-order chi connectivity index (χ1) is 13.6. The van der Waals surface area contributed by atoms with E-state index in [1.807, 2.05) is 42.2 Å². The highest BCUT2D eigenvalue weighted by atomic mass is 19.1. The number of aryl methyl sites for hydroxylation is 1. The number of halogens is 1. The maximum absolute atomic E-state index is 14.8. The van der Waals surface area contributed by atoms with Crippen LogP contribution in [0.4, 0.5) is 10.1 Å². The van der Waals surface area contributed by atoms with Gasteiger partial charge in [0.25, 0.3) is 5.56 Å². The number of hydrogen-bond acceptors (Lipinski definition) is 4. The van der Waals surface area contributed by atoms with Crippen molar-refractivity contribution in [2.45, 2.75) is 32.9 Å². The zero-order valence-electron chi connectivity index (χ0n) is 15.7. The van der Waals surface area contributed by atoms with Crippen LogP contribution < -0.4 is 21.0 Å². The molecule has 0 radical (unpaired) electrons. The monoisotopic (exact) mass is 383 g/mol. The Kier molecular flexibility index (Phi) is 4.90. The lowest BCUT2D eigenvalue weighted by Gasteiger charge is -2.20. The number of anilines is 1. The number of rotatable bonds is 5. The number of hydrogen-bond donors (Lipinski definition) is 0. The zero-order chi connectivity index (χ0) is 19.7. The molecular formula is C21H22FN3O3. The van der Waals surface area contributed by atoms with Crippen LogP contribution in [-0.2, 0) is 13.2 Å². The second-order valence-electron chi connectivity index (χ2n) is 6.90. The van der Waals surface area contributed by atoms with Gasteiger partial charge in [-0.1, -0.05) is 35.1 Å². The molecule has 0 spiro atoms. The largest absolute Gasteiger partial charge is 0.401 e. The lowest BCUT2D eigenvalue weighted by Crippen LogP contribution is -2.43. The van der Waals surface area contributed by atoms with Crippen molar-refractivity contribution in [3.8, 4) is 0 Å². The van der Waals surface area contributed by atoms with Crippen molar-refractivity contribution in [1.82, 2.24) is 9.30 Å². The molecular weight excluding hydrogens is 361 g/mol. The Bertz CT molecular complexity index is 1120. The summed E-state index contributed by atoms with van der Waals surface area (Å²) in [6.45, 7) is 3.77. The highest BCUT2D eigenvalue weighted by Crippen LogP contribution is 2.27. The van der Waals surface area contributed by atoms with Crippen LogP contribution in [0.15, 0.2) is 52.1 Å². The third-order valence-electron chi connectivity index (χ3n) is 5.14. The number of fused-ring (bicyclic) bond motifs is 1. The van der Waals surface area contributed by atoms with Gasteiger partial charge in [0.2, 0.25) is 0 Å². The minimum Gasteiger partial charge on any atom is -0.401 e. The van der Waals surface area contributed by atoms with Crippen molar-refractivity contribution in [2.24, 2.45) is 0 Å². The van der Waals surface area contributed by atoms with Gasteiger partial charge in [0.05, 0.1) is 16.6 Å². The van der Waals surface area contributed by atoms with Gasteiger partial charge in [0.15, 0.2) is 0 Å². The Morgan fingerprint density at radius 1 is 1.07 bits per heavy atom. The van der Waals surface area contributed by atoms with Crippen LogP contribution in [0, 0.1) is 5.82 Å². The summed E-state index contributed by atoms with van der Waals surface area (Å²) >= 11 is 0. The Hall–Kier alpha value is -3.09. The molecule has 6 nitrogen and oxygen atoms in total. The summed E-state index contributed by atoms with van der Waals surface area (Å²) in [5.41, 5.74) is 0.490. The van der Waals surface area contributed by atoms with Crippen molar-refractivity contribution >= 4 is 16.6 Å². The van der Waals surface area contributed by atoms with Crippen LogP contribution in [0.3, 0.4) is 0 Å². The van der Waals surface area contributed by atoms with Crippen LogP contribution in [-0.4, -0.2) is 22.4 Å². The first-order valence-corrected chi connectivity index (χ1v) is 9.51. The van der Waals surface area contributed by atoms with Gasteiger partial charge in [-0.25, -0.2) is 9.18 Å². The highest BCUT2D eigenvalue weighted by Gasteiger charge is 2.21. The molecule has 1 saturated heterocycles. The quantitative estimate of drug-likeness (QED) is 0.680. The Labute approximate surface area is 161 Å². The Morgan fingerprint density at radius 3 is 2.46 bits per heavy atom. The summed E-state index contributed by atoms with van der Waals surface area (Å²) in [6.07, 6.45) is 2.01. The molecule has 4 rings (SSSR count). The summed E-state index contributed by atoms with van der Waals surface area (Å²) in [7, 11) is 0. The van der Waals surface area contributed by atoms with Crippen LogP contribution in [0.5, 0.6) is 0 Å². The minimum atomic E-state index is -0.646. The molecule has 146 valence electrons. The molecule has 0 aliphatic carbocycles. The molecule has 7 heteroatoms. The molecule has 0 amide bonds. The molecule has 28 heavy (non-hydrogen) atoms. The van der Waals surface area contributed by atoms with E-state index in [-0.39, 0.29) is 12.0 Å². The number of benzene rings is 2. The van der Waals surface area contributed by atoms with Gasteiger partial charge >= 0.3 is 5.69 Å². The summed E-state index contributed by atoms with van der Waals surface area (Å²) in [5.74, 6) is -0.456. The van der Waals surface area contributed by atoms with Gasteiger partial charge in [0, 0.05) is 19.6 Å². The van der Waals surface area contributed by atoms with Gasteiger partial charge < -0.3 is 9.74 Å². The molecule has 1 fully saturated rings. The predicted molar refractivity (Wildman–Crippen MR) is 106 cm³/mol. The van der Waals surface area contributed by atoms with E-state index in [1.54, 1.807) is 6.07 Å². The van der Waals surface area contributed by atoms with Crippen molar-refractivity contribution in [2.75, 3.05) is 18.0 Å². The maximum Gasteiger partial charge on any atom is 0.365 e. The molecule has 3 aromatic rings. The van der Waals surface area contributed by atoms with E-state index in [9.17, 15) is 14.0 Å². The van der Waals surface area contributed by atoms with Crippen molar-refractivity contribution in [1.29, 1.82) is 0 Å². The summed E-state index contributed by atoms with van der Waals surface area (Å²) < 4.78 is 16.9. The van der Waals surface area contributed by atoms with Gasteiger partial charge in [0.1, 0.15) is 12.4 Å². The predicted octanol–water partition coefficient (Wildman–Crippen LogP) is 2.55. The molecule has 0 unspecified atom stereocenters. The van der Waals surface area contributed by atoms with Crippen molar-refractivity contribution < 1.29 is 9.23 Å². The maximum atomic E-state index is 14.8. The molecule has 1 aromatic heterocycles. The normalized spacial score (nSPS) is 14.0. The summed E-state index contributed by atoms with van der Waals surface area (Å²) in [6, 6.07) is 12.1. The highest BCUT2D eigenvalue weighted by molar-refractivity contribution is 5.82. The van der Waals surface area contributed by atoms with E-state index in [1.165, 1.54) is 10.6 Å². The third kappa shape index (κ3) is 3.17. The lowest BCUT2D eigenvalue weighted by atomic mass is 10.2. The van der Waals surface area contributed by atoms with E-state index in [2.05, 4.69) is 0 Å². The first kappa shape index (κ1) is 18.3. The van der Waals surface area contributed by atoms with Gasteiger partial charge in [-0.15, -0.1) is 0 Å². The van der Waals surface area contributed by atoms with E-state index in [0.29, 0.717) is 17.7 Å². The Balaban J connectivity index is 1.82. The zero-order valence-corrected chi connectivity index (χ0v) is 15.7. The van der Waals surface area contributed by atoms with Crippen LogP contribution in [0.2, 0.25) is 0 Å². The topological polar surface area (TPSA) is 56.5 Å². The summed E-state index contributed by atoms with van der Waals surface area (Å²) in [5, 5.41) is 0.134. The molecule has 0 N–H and O–H groups in total. The average Bonchev–Trinajstić information content (AvgIpc) is 3.24. The van der Waals surface area contributed by atoms with E-state index >= 15 is 0 Å². The second kappa shape index (κ2) is 7.50. The smallest absolute Gasteiger partial charge is 0.365 e. The van der Waals surface area contributed by atoms with Crippen LogP contribution >= 0.6 is 0 Å². The van der Waals surface area contributed by atoms with Crippen LogP contribution in [0.1, 0.15) is 25.3 Å². The molecule has 2 heterocycles. The van der Waals surface area contributed by atoms with Crippen molar-refractivity contribution in [3.63, 3.8) is 0 Å². The molecule has 1 aliphatic rings. The van der Waals surface area contributed by atoms with Gasteiger partial charge in [-0.05, 0) is 37.5 Å². The molecule has 0 bridgehead atoms. The van der Waals surface area contributed by atoms with Crippen molar-refractivity contribution in [3.05, 3.63) is 74.7 Å². The van der Waals surface area contributed by atoms with Gasteiger partial charge in [-0.2, -0.15) is 0 Å². The SMILES string of the molecule is CCn1c(=O)n(OCc2ccccc2)c(=O)c2cc(F)c(N3CCCC3)cc21. The van der Waals surface area contributed by atoms with Crippen LogP contribution in [0.25, 0.3) is 10.9 Å². The van der Waals surface area contributed by atoms with E-state index < -0.39 is 17.1 Å². The molecule has 0 saturated carbocycles. The van der Waals surface area contributed by atoms with E-state index in [0.717, 1.165) is 36.2 Å². The summed E-state index contributed by atoms with van der Waals surface area (Å²) in [4.78, 5) is 33.2. The Morgan fingerprint density at radius 2 is 1.79 bits per heavy atom. The average molecular weight is 383 g/mol. The number of nitrogens with zero attached hydrogens (tertiary/aromatic N) is 3. The van der Waals surface area contributed by atoms with E-state index in [4.69, 9.17) is 4.84 Å². The molecule has 0 atom stereocenters. The second-order valence-corrected chi connectivity index (χ2v) is 6.90. The fourth-order valence-corrected chi connectivity index (χ4v) is 3.69. The number of aromatic nitrogens is 2. The molecule has 1 aliphatic heterocycles. The molecule has 2 aromatic carbocycles. The first-order valence-electron chi connectivity index (χ1n) is 9.51. The van der Waals surface area contributed by atoms with Gasteiger partial charge in [-0.3, -0.25) is 9.36 Å². The minimum absolute atomic E-state index is 0.0690. The third-order valence-corrected chi connectivity index (χ3v) is 5.14. The fourth-order valence-electron chi connectivity index (χ4n) is 3.69. The lowest BCUT2D eigenvalue weighted by molar-refractivity contribution is 0.0774. The standard InChI is InChI=1S/C21H22FN3O3/c1-2-24-18-13-19(23-10-6-7-11-23)17(22)12-16(18)20(26)25(21(24)27)28-14-15-8-4-3-5-9-15/h3-5,8-9,12-13H,2,6-7,10-11,14H2,1H3.